The van der Waals surface area contributed by atoms with Crippen LogP contribution in [0.25, 0.3) is 0 Å². The predicted molar refractivity (Wildman–Crippen MR) is 60.8 cm³/mol. The molecule has 0 aromatic carbocycles. The van der Waals surface area contributed by atoms with E-state index in [1.165, 1.54) is 17.2 Å². The maximum Gasteiger partial charge on any atom is 0.418 e. The summed E-state index contributed by atoms with van der Waals surface area (Å²) in [4.78, 5) is 15.8. The van der Waals surface area contributed by atoms with E-state index >= 15 is 0 Å². The van der Waals surface area contributed by atoms with Gasteiger partial charge < -0.3 is 10.0 Å². The van der Waals surface area contributed by atoms with Crippen LogP contribution in [0.3, 0.4) is 0 Å². The van der Waals surface area contributed by atoms with E-state index in [4.69, 9.17) is 5.11 Å². The van der Waals surface area contributed by atoms with Gasteiger partial charge in [0.15, 0.2) is 0 Å². The first-order valence-corrected chi connectivity index (χ1v) is 5.89. The Labute approximate surface area is 107 Å². The summed E-state index contributed by atoms with van der Waals surface area (Å²) < 4.78 is 38.6. The van der Waals surface area contributed by atoms with Crippen molar-refractivity contribution in [3.63, 3.8) is 0 Å². The van der Waals surface area contributed by atoms with Gasteiger partial charge in [0.05, 0.1) is 11.3 Å². The van der Waals surface area contributed by atoms with Gasteiger partial charge in [0.1, 0.15) is 0 Å². The van der Waals surface area contributed by atoms with Crippen LogP contribution >= 0.6 is 0 Å². The highest BCUT2D eigenvalue weighted by atomic mass is 19.4. The molecule has 0 spiro atoms. The number of rotatable bonds is 1. The maximum atomic E-state index is 12.9. The van der Waals surface area contributed by atoms with Crippen LogP contribution in [-0.4, -0.2) is 34.2 Å². The fourth-order valence-corrected chi connectivity index (χ4v) is 2.33. The number of nitrogens with zero attached hydrogens (tertiary/aromatic N) is 2. The zero-order valence-electron chi connectivity index (χ0n) is 10.0. The second-order valence-electron chi connectivity index (χ2n) is 4.48. The lowest BCUT2D eigenvalue weighted by Gasteiger charge is -2.30. The minimum Gasteiger partial charge on any atom is -0.465 e. The van der Waals surface area contributed by atoms with Crippen molar-refractivity contribution in [3.8, 4) is 0 Å². The van der Waals surface area contributed by atoms with Gasteiger partial charge in [-0.3, -0.25) is 4.98 Å². The van der Waals surface area contributed by atoms with E-state index in [9.17, 15) is 18.0 Å². The first-order chi connectivity index (χ1) is 8.89. The predicted octanol–water partition coefficient (Wildman–Crippen LogP) is 2.96. The summed E-state index contributed by atoms with van der Waals surface area (Å²) in [5, 5.41) is 8.81. The fraction of sp³-hybridized carbons (Fsp3) is 0.500. The van der Waals surface area contributed by atoms with Gasteiger partial charge in [-0.1, -0.05) is 0 Å². The zero-order valence-corrected chi connectivity index (χ0v) is 10.0. The third kappa shape index (κ3) is 2.97. The van der Waals surface area contributed by atoms with Crippen molar-refractivity contribution < 1.29 is 23.1 Å². The van der Waals surface area contributed by atoms with Crippen molar-refractivity contribution in [1.29, 1.82) is 0 Å². The van der Waals surface area contributed by atoms with E-state index in [2.05, 4.69) is 4.98 Å². The molecule has 0 unspecified atom stereocenters. The molecule has 4 nitrogen and oxygen atoms in total. The number of amides is 1. The quantitative estimate of drug-likeness (QED) is 0.856. The molecule has 19 heavy (non-hydrogen) atoms. The maximum absolute atomic E-state index is 12.9. The van der Waals surface area contributed by atoms with Crippen molar-refractivity contribution >= 4 is 6.09 Å². The van der Waals surface area contributed by atoms with E-state index in [1.54, 1.807) is 0 Å². The summed E-state index contributed by atoms with van der Waals surface area (Å²) in [6, 6.07) is 2.28. The molecule has 1 aliphatic rings. The van der Waals surface area contributed by atoms with E-state index in [0.717, 1.165) is 6.07 Å². The van der Waals surface area contributed by atoms with Crippen molar-refractivity contribution in [1.82, 2.24) is 9.88 Å². The summed E-state index contributed by atoms with van der Waals surface area (Å²) in [6.07, 6.45) is -3.38. The number of aromatic nitrogens is 1. The molecule has 1 aromatic rings. The van der Waals surface area contributed by atoms with E-state index in [1.807, 2.05) is 0 Å². The highest BCUT2D eigenvalue weighted by Gasteiger charge is 2.37. The standard InChI is InChI=1S/C12H13F3N2O2/c13-12(14,15)9-2-1-5-16-10(9)8-3-6-17(7-4-8)11(18)19/h1-2,5,8H,3-4,6-7H2,(H,18,19). The first-order valence-electron chi connectivity index (χ1n) is 5.89. The molecule has 1 fully saturated rings. The molecule has 7 heteroatoms. The largest absolute Gasteiger partial charge is 0.465 e. The van der Waals surface area contributed by atoms with Crippen LogP contribution in [0.4, 0.5) is 18.0 Å². The molecule has 0 aliphatic carbocycles. The number of carbonyl (C=O) groups is 1. The smallest absolute Gasteiger partial charge is 0.418 e. The first kappa shape index (κ1) is 13.6. The van der Waals surface area contributed by atoms with E-state index in [0.29, 0.717) is 12.8 Å². The molecule has 104 valence electrons. The number of halogens is 3. The Balaban J connectivity index is 2.18. The SMILES string of the molecule is O=C(O)N1CCC(c2ncccc2C(F)(F)F)CC1. The molecule has 1 amide bonds. The Hall–Kier alpha value is -1.79. The highest BCUT2D eigenvalue weighted by Crippen LogP contribution is 2.37. The third-order valence-electron chi connectivity index (χ3n) is 3.30. The van der Waals surface area contributed by atoms with Gasteiger partial charge in [-0.2, -0.15) is 13.2 Å². The van der Waals surface area contributed by atoms with Crippen LogP contribution in [0.5, 0.6) is 0 Å². The van der Waals surface area contributed by atoms with Gasteiger partial charge in [-0.15, -0.1) is 0 Å². The number of hydrogen-bond donors (Lipinski definition) is 1. The van der Waals surface area contributed by atoms with Crippen LogP contribution in [0, 0.1) is 0 Å². The normalized spacial score (nSPS) is 17.5. The summed E-state index contributed by atoms with van der Waals surface area (Å²) in [6.45, 7) is 0.488. The summed E-state index contributed by atoms with van der Waals surface area (Å²) in [5.74, 6) is -0.339. The van der Waals surface area contributed by atoms with Crippen LogP contribution < -0.4 is 0 Å². The average molecular weight is 274 g/mol. The molecule has 0 saturated carbocycles. The Morgan fingerprint density at radius 3 is 2.53 bits per heavy atom. The Morgan fingerprint density at radius 2 is 2.00 bits per heavy atom. The molecule has 1 aromatic heterocycles. The van der Waals surface area contributed by atoms with Crippen molar-refractivity contribution in [2.75, 3.05) is 13.1 Å². The summed E-state index contributed by atoms with van der Waals surface area (Å²) in [7, 11) is 0. The molecular formula is C12H13F3N2O2. The monoisotopic (exact) mass is 274 g/mol. The summed E-state index contributed by atoms with van der Waals surface area (Å²) in [5.41, 5.74) is -0.691. The molecule has 0 radical (unpaired) electrons. The van der Waals surface area contributed by atoms with Crippen molar-refractivity contribution in [2.45, 2.75) is 24.9 Å². The lowest BCUT2D eigenvalue weighted by atomic mass is 9.90. The number of likely N-dealkylation sites (tertiary alicyclic amines) is 1. The van der Waals surface area contributed by atoms with Crippen LogP contribution in [0.1, 0.15) is 30.0 Å². The van der Waals surface area contributed by atoms with Gasteiger partial charge >= 0.3 is 12.3 Å². The number of alkyl halides is 3. The lowest BCUT2D eigenvalue weighted by Crippen LogP contribution is -2.37. The lowest BCUT2D eigenvalue weighted by molar-refractivity contribution is -0.138. The zero-order chi connectivity index (χ0) is 14.0. The fourth-order valence-electron chi connectivity index (χ4n) is 2.33. The molecule has 1 aliphatic heterocycles. The second-order valence-corrected chi connectivity index (χ2v) is 4.48. The number of carboxylic acid groups (broad SMARTS) is 1. The molecule has 1 N–H and O–H groups in total. The second kappa shape index (κ2) is 5.07. The van der Waals surface area contributed by atoms with Crippen LogP contribution in [-0.2, 0) is 6.18 Å². The van der Waals surface area contributed by atoms with Crippen molar-refractivity contribution in [2.24, 2.45) is 0 Å². The van der Waals surface area contributed by atoms with Crippen LogP contribution in [0.2, 0.25) is 0 Å². The highest BCUT2D eigenvalue weighted by molar-refractivity contribution is 5.65. The number of pyridine rings is 1. The van der Waals surface area contributed by atoms with Gasteiger partial charge in [0.2, 0.25) is 0 Å². The van der Waals surface area contributed by atoms with Gasteiger partial charge in [-0.25, -0.2) is 4.79 Å². The van der Waals surface area contributed by atoms with E-state index in [-0.39, 0.29) is 24.7 Å². The Morgan fingerprint density at radius 1 is 1.37 bits per heavy atom. The number of piperidine rings is 1. The molecule has 1 saturated heterocycles. The van der Waals surface area contributed by atoms with Crippen molar-refractivity contribution in [3.05, 3.63) is 29.6 Å². The van der Waals surface area contributed by atoms with E-state index < -0.39 is 17.8 Å². The Bertz CT molecular complexity index is 468. The topological polar surface area (TPSA) is 53.4 Å². The molecule has 0 atom stereocenters. The number of hydrogen-bond acceptors (Lipinski definition) is 2. The average Bonchev–Trinajstić information content (AvgIpc) is 2.38. The van der Waals surface area contributed by atoms with Gasteiger partial charge in [0, 0.05) is 25.2 Å². The minimum absolute atomic E-state index is 0.0278. The molecular weight excluding hydrogens is 261 g/mol. The summed E-state index contributed by atoms with van der Waals surface area (Å²) >= 11 is 0. The van der Waals surface area contributed by atoms with Gasteiger partial charge in [-0.05, 0) is 25.0 Å². The van der Waals surface area contributed by atoms with Crippen LogP contribution in [0.15, 0.2) is 18.3 Å². The molecule has 0 bridgehead atoms. The molecule has 2 heterocycles. The van der Waals surface area contributed by atoms with Gasteiger partial charge in [0.25, 0.3) is 0 Å². The Kier molecular flexibility index (Phi) is 3.64. The minimum atomic E-state index is -4.42. The third-order valence-corrected chi connectivity index (χ3v) is 3.30. The molecule has 2 rings (SSSR count).